The molecule has 0 unspecified atom stereocenters. The lowest BCUT2D eigenvalue weighted by Gasteiger charge is -2.00. The van der Waals surface area contributed by atoms with E-state index in [2.05, 4.69) is 5.32 Å². The van der Waals surface area contributed by atoms with Crippen molar-refractivity contribution in [1.82, 2.24) is 5.32 Å². The first-order chi connectivity index (χ1) is 9.11. The molecule has 0 saturated carbocycles. The fourth-order valence-electron chi connectivity index (χ4n) is 1.70. The smallest absolute Gasteiger partial charge is 0.371 e. The van der Waals surface area contributed by atoms with Gasteiger partial charge in [-0.15, -0.1) is 0 Å². The van der Waals surface area contributed by atoms with Gasteiger partial charge in [0.15, 0.2) is 5.43 Å². The Labute approximate surface area is 109 Å². The molecule has 1 aromatic heterocycles. The van der Waals surface area contributed by atoms with Crippen LogP contribution in [0, 0.1) is 0 Å². The van der Waals surface area contributed by atoms with Crippen molar-refractivity contribution in [3.05, 3.63) is 51.9 Å². The van der Waals surface area contributed by atoms with E-state index in [1.54, 1.807) is 18.2 Å². The maximum absolute atomic E-state index is 11.8. The maximum atomic E-state index is 11.8. The number of rotatable bonds is 4. The van der Waals surface area contributed by atoms with Crippen molar-refractivity contribution in [2.45, 2.75) is 0 Å². The van der Waals surface area contributed by atoms with Gasteiger partial charge in [0.1, 0.15) is 5.58 Å². The largest absolute Gasteiger partial charge is 0.475 e. The van der Waals surface area contributed by atoms with E-state index >= 15 is 0 Å². The fraction of sp³-hybridized carbons (Fsp3) is 0.143. The quantitative estimate of drug-likeness (QED) is 0.874. The minimum atomic E-state index is -1.25. The van der Waals surface area contributed by atoms with Crippen LogP contribution in [0.25, 0.3) is 17.0 Å². The lowest BCUT2D eigenvalue weighted by atomic mass is 10.1. The van der Waals surface area contributed by atoms with Crippen LogP contribution in [0.1, 0.15) is 16.1 Å². The molecule has 1 heterocycles. The summed E-state index contributed by atoms with van der Waals surface area (Å²) in [6.07, 6.45) is 3.80. The third-order valence-electron chi connectivity index (χ3n) is 2.59. The van der Waals surface area contributed by atoms with E-state index in [-0.39, 0.29) is 16.8 Å². The highest BCUT2D eigenvalue weighted by molar-refractivity contribution is 5.88. The van der Waals surface area contributed by atoms with Crippen molar-refractivity contribution < 1.29 is 14.3 Å². The van der Waals surface area contributed by atoms with Crippen molar-refractivity contribution in [3.8, 4) is 0 Å². The van der Waals surface area contributed by atoms with Gasteiger partial charge in [-0.2, -0.15) is 0 Å². The van der Waals surface area contributed by atoms with Crippen molar-refractivity contribution in [2.24, 2.45) is 0 Å². The number of fused-ring (bicyclic) bond motifs is 1. The van der Waals surface area contributed by atoms with Crippen LogP contribution in [0.15, 0.2) is 39.6 Å². The molecule has 0 aliphatic heterocycles. The Kier molecular flexibility index (Phi) is 3.77. The van der Waals surface area contributed by atoms with Crippen molar-refractivity contribution >= 4 is 23.0 Å². The van der Waals surface area contributed by atoms with Crippen LogP contribution in [0.3, 0.4) is 0 Å². The molecule has 0 radical (unpaired) electrons. The number of likely N-dealkylation sites (N-methyl/N-ethyl adjacent to an activating group) is 1. The van der Waals surface area contributed by atoms with Gasteiger partial charge in [-0.05, 0) is 24.7 Å². The molecule has 0 aliphatic carbocycles. The minimum Gasteiger partial charge on any atom is -0.475 e. The lowest BCUT2D eigenvalue weighted by Crippen LogP contribution is -2.06. The second-order valence-electron chi connectivity index (χ2n) is 4.00. The Balaban J connectivity index is 2.49. The van der Waals surface area contributed by atoms with E-state index in [1.165, 1.54) is 0 Å². The zero-order chi connectivity index (χ0) is 13.8. The average Bonchev–Trinajstić information content (AvgIpc) is 2.39. The highest BCUT2D eigenvalue weighted by Crippen LogP contribution is 2.15. The second kappa shape index (κ2) is 5.49. The molecule has 0 aliphatic rings. The molecular weight excluding hydrogens is 246 g/mol. The topological polar surface area (TPSA) is 79.5 Å². The Hall–Kier alpha value is -2.40. The van der Waals surface area contributed by atoms with Crippen molar-refractivity contribution in [1.29, 1.82) is 0 Å². The first-order valence-corrected chi connectivity index (χ1v) is 5.74. The van der Waals surface area contributed by atoms with Gasteiger partial charge in [0, 0.05) is 12.6 Å². The van der Waals surface area contributed by atoms with Crippen LogP contribution < -0.4 is 10.7 Å². The summed E-state index contributed by atoms with van der Waals surface area (Å²) in [4.78, 5) is 22.6. The normalized spacial score (nSPS) is 11.2. The number of aromatic carboxylic acids is 1. The van der Waals surface area contributed by atoms with Crippen molar-refractivity contribution in [3.63, 3.8) is 0 Å². The van der Waals surface area contributed by atoms with E-state index in [1.807, 2.05) is 19.2 Å². The molecule has 19 heavy (non-hydrogen) atoms. The monoisotopic (exact) mass is 259 g/mol. The number of hydrogen-bond acceptors (Lipinski definition) is 4. The number of carbonyl (C=O) groups is 1. The summed E-state index contributed by atoms with van der Waals surface area (Å²) in [6, 6.07) is 6.04. The van der Waals surface area contributed by atoms with E-state index < -0.39 is 5.97 Å². The summed E-state index contributed by atoms with van der Waals surface area (Å²) in [7, 11) is 1.84. The molecule has 2 aromatic rings. The predicted molar refractivity (Wildman–Crippen MR) is 72.4 cm³/mol. The number of carboxylic acids is 1. The van der Waals surface area contributed by atoms with E-state index in [9.17, 15) is 9.59 Å². The second-order valence-corrected chi connectivity index (χ2v) is 4.00. The van der Waals surface area contributed by atoms with Crippen LogP contribution in [0.2, 0.25) is 0 Å². The molecule has 2 N–H and O–H groups in total. The van der Waals surface area contributed by atoms with Gasteiger partial charge >= 0.3 is 5.97 Å². The number of carboxylic acid groups (broad SMARTS) is 1. The molecule has 2 rings (SSSR count). The third kappa shape index (κ3) is 2.89. The molecule has 0 saturated heterocycles. The molecule has 5 nitrogen and oxygen atoms in total. The van der Waals surface area contributed by atoms with Gasteiger partial charge in [0.25, 0.3) is 0 Å². The predicted octanol–water partition coefficient (Wildman–Crippen LogP) is 1.72. The van der Waals surface area contributed by atoms with Gasteiger partial charge < -0.3 is 14.8 Å². The SMILES string of the molecule is CNCC=Cc1ccc2oc(C(=O)O)cc(=O)c2c1. The summed E-state index contributed by atoms with van der Waals surface area (Å²) >= 11 is 0. The minimum absolute atomic E-state index is 0.274. The third-order valence-corrected chi connectivity index (χ3v) is 2.59. The molecule has 5 heteroatoms. The van der Waals surface area contributed by atoms with E-state index in [0.29, 0.717) is 5.39 Å². The van der Waals surface area contributed by atoms with Crippen molar-refractivity contribution in [2.75, 3.05) is 13.6 Å². The lowest BCUT2D eigenvalue weighted by molar-refractivity contribution is 0.0663. The summed E-state index contributed by atoms with van der Waals surface area (Å²) in [5, 5.41) is 12.2. The van der Waals surface area contributed by atoms with Gasteiger partial charge in [0.05, 0.1) is 5.39 Å². The van der Waals surface area contributed by atoms with Gasteiger partial charge in [-0.3, -0.25) is 4.79 Å². The number of nitrogens with one attached hydrogen (secondary N) is 1. The highest BCUT2D eigenvalue weighted by Gasteiger charge is 2.10. The van der Waals surface area contributed by atoms with Crippen LogP contribution >= 0.6 is 0 Å². The first-order valence-electron chi connectivity index (χ1n) is 5.74. The Morgan fingerprint density at radius 2 is 2.21 bits per heavy atom. The number of benzene rings is 1. The molecule has 1 aromatic carbocycles. The fourth-order valence-corrected chi connectivity index (χ4v) is 1.70. The summed E-state index contributed by atoms with van der Waals surface area (Å²) in [5.41, 5.74) is 0.774. The van der Waals surface area contributed by atoms with E-state index in [4.69, 9.17) is 9.52 Å². The Morgan fingerprint density at radius 1 is 1.42 bits per heavy atom. The summed E-state index contributed by atoms with van der Waals surface area (Å²) in [5.74, 6) is -1.60. The zero-order valence-corrected chi connectivity index (χ0v) is 10.3. The van der Waals surface area contributed by atoms with Gasteiger partial charge in [0.2, 0.25) is 5.76 Å². The van der Waals surface area contributed by atoms with Crippen LogP contribution in [0.5, 0.6) is 0 Å². The molecule has 0 bridgehead atoms. The van der Waals surface area contributed by atoms with Gasteiger partial charge in [-0.25, -0.2) is 4.79 Å². The molecule has 0 fully saturated rings. The number of hydrogen-bond donors (Lipinski definition) is 2. The first kappa shape index (κ1) is 13.0. The van der Waals surface area contributed by atoms with Gasteiger partial charge in [-0.1, -0.05) is 18.2 Å². The molecular formula is C14H13NO4. The highest BCUT2D eigenvalue weighted by atomic mass is 16.4. The Morgan fingerprint density at radius 3 is 2.89 bits per heavy atom. The van der Waals surface area contributed by atoms with E-state index in [0.717, 1.165) is 18.2 Å². The Bertz CT molecular complexity index is 700. The molecule has 0 atom stereocenters. The average molecular weight is 259 g/mol. The van der Waals surface area contributed by atoms with Crippen LogP contribution in [-0.2, 0) is 0 Å². The molecule has 0 spiro atoms. The zero-order valence-electron chi connectivity index (χ0n) is 10.3. The standard InChI is InChI=1S/C14H13NO4/c1-15-6-2-3-9-4-5-12-10(7-9)11(16)8-13(19-12)14(17)18/h2-5,7-8,15H,6H2,1H3,(H,17,18). The maximum Gasteiger partial charge on any atom is 0.371 e. The van der Waals surface area contributed by atoms with Crippen LogP contribution in [-0.4, -0.2) is 24.7 Å². The molecule has 0 amide bonds. The summed E-state index contributed by atoms with van der Waals surface area (Å²) in [6.45, 7) is 0.727. The summed E-state index contributed by atoms with van der Waals surface area (Å²) < 4.78 is 5.15. The molecule has 98 valence electrons. The van der Waals surface area contributed by atoms with Crippen LogP contribution in [0.4, 0.5) is 0 Å².